The minimum absolute atomic E-state index is 0.0458. The van der Waals surface area contributed by atoms with Crippen LogP contribution in [0, 0.1) is 0 Å². The van der Waals surface area contributed by atoms with E-state index in [1.54, 1.807) is 11.0 Å². The number of Topliss-reactive ketones (excluding diaryl/α,β-unsaturated/α-hetero) is 1. The van der Waals surface area contributed by atoms with Crippen molar-refractivity contribution in [1.29, 1.82) is 0 Å². The van der Waals surface area contributed by atoms with Gasteiger partial charge in [0, 0.05) is 38.2 Å². The lowest BCUT2D eigenvalue weighted by atomic mass is 9.94. The van der Waals surface area contributed by atoms with E-state index in [-0.39, 0.29) is 17.4 Å². The second kappa shape index (κ2) is 13.6. The number of hydrogen-bond acceptors (Lipinski definition) is 8. The smallest absolute Gasteiger partial charge is 0.295 e. The molecule has 0 aromatic heterocycles. The van der Waals surface area contributed by atoms with Crippen LogP contribution in [0.1, 0.15) is 62.8 Å². The Bertz CT molecular complexity index is 1320. The molecule has 226 valence electrons. The first-order valence-electron chi connectivity index (χ1n) is 15.2. The van der Waals surface area contributed by atoms with Crippen molar-refractivity contribution in [1.82, 2.24) is 9.80 Å². The molecule has 0 saturated carbocycles. The number of carbonyl (C=O) groups is 2. The average Bonchev–Trinajstić information content (AvgIpc) is 3.49. The number of aliphatic hydroxyl groups is 1. The fraction of sp³-hybridized carbons (Fsp3) is 0.515. The Morgan fingerprint density at radius 1 is 1.00 bits per heavy atom. The first kappa shape index (κ1) is 29.9. The summed E-state index contributed by atoms with van der Waals surface area (Å²) in [6, 6.07) is 10.2. The predicted octanol–water partition coefficient (Wildman–Crippen LogP) is 4.73. The van der Waals surface area contributed by atoms with Gasteiger partial charge in [0.05, 0.1) is 38.0 Å². The molecule has 9 heteroatoms. The van der Waals surface area contributed by atoms with E-state index in [1.165, 1.54) is 0 Å². The number of amides is 1. The van der Waals surface area contributed by atoms with Crippen molar-refractivity contribution in [3.8, 4) is 17.2 Å². The Morgan fingerprint density at radius 3 is 2.57 bits per heavy atom. The molecule has 2 fully saturated rings. The molecule has 0 spiro atoms. The first-order chi connectivity index (χ1) is 20.4. The van der Waals surface area contributed by atoms with E-state index in [2.05, 4.69) is 11.8 Å². The van der Waals surface area contributed by atoms with Gasteiger partial charge in [-0.2, -0.15) is 0 Å². The molecule has 3 aliphatic heterocycles. The highest BCUT2D eigenvalue weighted by atomic mass is 16.5. The number of morpholine rings is 1. The van der Waals surface area contributed by atoms with Crippen molar-refractivity contribution in [2.24, 2.45) is 0 Å². The van der Waals surface area contributed by atoms with E-state index in [0.29, 0.717) is 68.4 Å². The second-order valence-corrected chi connectivity index (χ2v) is 11.1. The lowest BCUT2D eigenvalue weighted by molar-refractivity contribution is -0.140. The van der Waals surface area contributed by atoms with Gasteiger partial charge in [-0.05, 0) is 68.1 Å². The Kier molecular flexibility index (Phi) is 9.69. The third kappa shape index (κ3) is 6.42. The lowest BCUT2D eigenvalue weighted by Crippen LogP contribution is -2.39. The van der Waals surface area contributed by atoms with Gasteiger partial charge in [0.15, 0.2) is 11.5 Å². The fourth-order valence-electron chi connectivity index (χ4n) is 5.88. The minimum Gasteiger partial charge on any atom is -0.507 e. The van der Waals surface area contributed by atoms with Gasteiger partial charge in [0.1, 0.15) is 17.6 Å². The highest BCUT2D eigenvalue weighted by Gasteiger charge is 2.46. The van der Waals surface area contributed by atoms with Crippen molar-refractivity contribution in [3.05, 3.63) is 58.7 Å². The zero-order chi connectivity index (χ0) is 29.6. The summed E-state index contributed by atoms with van der Waals surface area (Å²) >= 11 is 0. The van der Waals surface area contributed by atoms with Gasteiger partial charge >= 0.3 is 0 Å². The largest absolute Gasteiger partial charge is 0.507 e. The van der Waals surface area contributed by atoms with Crippen molar-refractivity contribution in [2.75, 3.05) is 52.6 Å². The summed E-state index contributed by atoms with van der Waals surface area (Å²) in [5.41, 5.74) is 2.23. The molecule has 1 amide bonds. The van der Waals surface area contributed by atoms with Crippen LogP contribution in [0.4, 0.5) is 0 Å². The van der Waals surface area contributed by atoms with Crippen LogP contribution in [-0.2, 0) is 20.7 Å². The number of likely N-dealkylation sites (tertiary alicyclic amines) is 1. The molecule has 0 radical (unpaired) electrons. The van der Waals surface area contributed by atoms with Crippen LogP contribution in [0.2, 0.25) is 0 Å². The number of rotatable bonds is 12. The number of unbranched alkanes of at least 4 members (excludes halogenated alkanes) is 1. The molecule has 5 rings (SSSR count). The Morgan fingerprint density at radius 2 is 1.81 bits per heavy atom. The highest BCUT2D eigenvalue weighted by molar-refractivity contribution is 6.46. The Hall–Kier alpha value is -3.56. The topological polar surface area (TPSA) is 97.8 Å². The molecule has 2 aromatic carbocycles. The van der Waals surface area contributed by atoms with Crippen LogP contribution >= 0.6 is 0 Å². The molecular formula is C33H42N2O7. The van der Waals surface area contributed by atoms with Gasteiger partial charge in [-0.25, -0.2) is 0 Å². The standard InChI is InChI=1S/C33H42N2O7/c1-4-6-16-41-27-11-8-23(21-28(27)40-5-2)30-29(31(36)24-9-10-26-25(20-24)19-22(3)42-26)32(37)33(38)35(30)13-7-12-34-14-17-39-18-15-34/h8-11,20-22,30,36H,4-7,12-19H2,1-3H3/t22-,30+/m0/s1. The van der Waals surface area contributed by atoms with E-state index >= 15 is 0 Å². The fourth-order valence-corrected chi connectivity index (χ4v) is 5.88. The quantitative estimate of drug-likeness (QED) is 0.167. The van der Waals surface area contributed by atoms with Crippen molar-refractivity contribution < 1.29 is 33.6 Å². The molecule has 0 bridgehead atoms. The van der Waals surface area contributed by atoms with Crippen LogP contribution in [0.15, 0.2) is 42.0 Å². The molecule has 3 aliphatic rings. The maximum atomic E-state index is 13.6. The molecule has 2 saturated heterocycles. The predicted molar refractivity (Wildman–Crippen MR) is 159 cm³/mol. The van der Waals surface area contributed by atoms with Gasteiger partial charge in [-0.3, -0.25) is 14.5 Å². The van der Waals surface area contributed by atoms with Crippen LogP contribution < -0.4 is 14.2 Å². The van der Waals surface area contributed by atoms with Gasteiger partial charge in [0.2, 0.25) is 0 Å². The summed E-state index contributed by atoms with van der Waals surface area (Å²) in [6.07, 6.45) is 3.38. The number of benzene rings is 2. The van der Waals surface area contributed by atoms with Gasteiger partial charge in [-0.1, -0.05) is 19.4 Å². The molecule has 2 atom stereocenters. The SMILES string of the molecule is CCCCOc1ccc([C@@H]2C(=C(O)c3ccc4c(c3)C[C@H](C)O4)C(=O)C(=O)N2CCCN2CCOCC2)cc1OCC. The number of nitrogens with zero attached hydrogens (tertiary/aromatic N) is 2. The molecule has 42 heavy (non-hydrogen) atoms. The van der Waals surface area contributed by atoms with E-state index in [0.717, 1.165) is 43.8 Å². The van der Waals surface area contributed by atoms with Crippen LogP contribution in [0.3, 0.4) is 0 Å². The summed E-state index contributed by atoms with van der Waals surface area (Å²) in [5, 5.41) is 11.6. The zero-order valence-electron chi connectivity index (χ0n) is 24.9. The van der Waals surface area contributed by atoms with Gasteiger partial charge in [-0.15, -0.1) is 0 Å². The Labute approximate surface area is 248 Å². The first-order valence-corrected chi connectivity index (χ1v) is 15.2. The van der Waals surface area contributed by atoms with Gasteiger partial charge in [0.25, 0.3) is 11.7 Å². The van der Waals surface area contributed by atoms with Crippen molar-refractivity contribution in [2.45, 2.75) is 58.6 Å². The molecule has 3 heterocycles. The minimum atomic E-state index is -0.762. The molecule has 2 aromatic rings. The van der Waals surface area contributed by atoms with Crippen molar-refractivity contribution >= 4 is 17.4 Å². The van der Waals surface area contributed by atoms with Crippen LogP contribution in [0.5, 0.6) is 17.2 Å². The van der Waals surface area contributed by atoms with Crippen LogP contribution in [0.25, 0.3) is 5.76 Å². The van der Waals surface area contributed by atoms with Gasteiger partial charge < -0.3 is 29.0 Å². The summed E-state index contributed by atoms with van der Waals surface area (Å²) in [6.45, 7) is 11.2. The maximum absolute atomic E-state index is 13.6. The van der Waals surface area contributed by atoms with Crippen molar-refractivity contribution in [3.63, 3.8) is 0 Å². The molecule has 0 unspecified atom stereocenters. The third-order valence-electron chi connectivity index (χ3n) is 8.03. The average molecular weight is 579 g/mol. The number of fused-ring (bicyclic) bond motifs is 1. The number of ether oxygens (including phenoxy) is 4. The molecule has 0 aliphatic carbocycles. The zero-order valence-corrected chi connectivity index (χ0v) is 24.9. The number of hydrogen-bond donors (Lipinski definition) is 1. The number of ketones is 1. The Balaban J connectivity index is 1.51. The van der Waals surface area contributed by atoms with E-state index in [1.807, 2.05) is 44.2 Å². The summed E-state index contributed by atoms with van der Waals surface area (Å²) in [5.74, 6) is 0.467. The number of aliphatic hydroxyl groups excluding tert-OH is 1. The second-order valence-electron chi connectivity index (χ2n) is 11.1. The van der Waals surface area contributed by atoms with Crippen LogP contribution in [-0.4, -0.2) is 85.3 Å². The number of carbonyl (C=O) groups excluding carboxylic acids is 2. The summed E-state index contributed by atoms with van der Waals surface area (Å²) in [7, 11) is 0. The molecular weight excluding hydrogens is 536 g/mol. The summed E-state index contributed by atoms with van der Waals surface area (Å²) in [4.78, 5) is 31.0. The normalized spacial score (nSPS) is 21.8. The monoisotopic (exact) mass is 578 g/mol. The van der Waals surface area contributed by atoms with E-state index in [4.69, 9.17) is 18.9 Å². The summed E-state index contributed by atoms with van der Waals surface area (Å²) < 4.78 is 23.2. The third-order valence-corrected chi connectivity index (χ3v) is 8.03. The maximum Gasteiger partial charge on any atom is 0.295 e. The highest BCUT2D eigenvalue weighted by Crippen LogP contribution is 2.43. The van der Waals surface area contributed by atoms with E-state index < -0.39 is 17.7 Å². The lowest BCUT2D eigenvalue weighted by Gasteiger charge is -2.29. The molecule has 9 nitrogen and oxygen atoms in total. The molecule has 1 N–H and O–H groups in total. The van der Waals surface area contributed by atoms with E-state index in [9.17, 15) is 14.7 Å².